The number of hydrogen-bond acceptors (Lipinski definition) is 4. The highest BCUT2D eigenvalue weighted by molar-refractivity contribution is 9.13. The van der Waals surface area contributed by atoms with Crippen LogP contribution in [0.15, 0.2) is 15.0 Å². The number of aromatic hydroxyl groups is 1. The molecule has 0 aromatic heterocycles. The first-order valence-electron chi connectivity index (χ1n) is 7.47. The molecule has 1 aromatic carbocycles. The van der Waals surface area contributed by atoms with Crippen LogP contribution in [0.25, 0.3) is 0 Å². The molecule has 0 bridgehead atoms. The van der Waals surface area contributed by atoms with E-state index in [1.165, 1.54) is 0 Å². The first kappa shape index (κ1) is 24.3. The van der Waals surface area contributed by atoms with Crippen molar-refractivity contribution in [1.29, 1.82) is 0 Å². The number of nitrogens with one attached hydrogen (secondary N) is 1. The Kier molecular flexibility index (Phi) is 9.95. The second-order valence-electron chi connectivity index (χ2n) is 6.70. The van der Waals surface area contributed by atoms with E-state index in [9.17, 15) is 5.11 Å². The summed E-state index contributed by atoms with van der Waals surface area (Å²) in [7, 11) is 1.58. The van der Waals surface area contributed by atoms with Gasteiger partial charge in [0.15, 0.2) is 11.5 Å². The summed E-state index contributed by atoms with van der Waals surface area (Å²) < 4.78 is 6.88. The molecule has 24 heavy (non-hydrogen) atoms. The molecule has 0 radical (unpaired) electrons. The fourth-order valence-electron chi connectivity index (χ4n) is 3.12. The van der Waals surface area contributed by atoms with Gasteiger partial charge in [0.1, 0.15) is 0 Å². The van der Waals surface area contributed by atoms with Gasteiger partial charge >= 0.3 is 0 Å². The fraction of sp³-hybridized carbons (Fsp3) is 0.625. The van der Waals surface area contributed by atoms with Gasteiger partial charge in [-0.2, -0.15) is 0 Å². The van der Waals surface area contributed by atoms with E-state index in [-0.39, 0.29) is 42.0 Å². The molecular formula is C16H26Br2Cl2N2O2. The third-order valence-electron chi connectivity index (χ3n) is 4.03. The first-order valence-corrected chi connectivity index (χ1v) is 9.05. The number of rotatable bonds is 3. The van der Waals surface area contributed by atoms with E-state index in [1.807, 2.05) is 6.07 Å². The van der Waals surface area contributed by atoms with E-state index < -0.39 is 0 Å². The molecule has 0 unspecified atom stereocenters. The van der Waals surface area contributed by atoms with Gasteiger partial charge in [0.05, 0.1) is 11.6 Å². The largest absolute Gasteiger partial charge is 0.503 e. The second kappa shape index (κ2) is 9.83. The lowest BCUT2D eigenvalue weighted by molar-refractivity contribution is 0.0854. The summed E-state index contributed by atoms with van der Waals surface area (Å²) in [5, 5.41) is 13.6. The average Bonchev–Trinajstić information content (AvgIpc) is 2.47. The zero-order valence-electron chi connectivity index (χ0n) is 14.4. The topological polar surface area (TPSA) is 44.7 Å². The first-order chi connectivity index (χ1) is 10.3. The number of piperazine rings is 1. The van der Waals surface area contributed by atoms with Gasteiger partial charge in [-0.1, -0.05) is 20.8 Å². The molecule has 1 fully saturated rings. The lowest BCUT2D eigenvalue weighted by Gasteiger charge is -2.43. The van der Waals surface area contributed by atoms with Gasteiger partial charge in [-0.15, -0.1) is 24.8 Å². The molecular weight excluding hydrogens is 483 g/mol. The predicted octanol–water partition coefficient (Wildman–Crippen LogP) is 4.76. The number of benzene rings is 1. The summed E-state index contributed by atoms with van der Waals surface area (Å²) in [5.41, 5.74) is 1.19. The van der Waals surface area contributed by atoms with E-state index in [0.717, 1.165) is 36.2 Å². The molecule has 1 saturated heterocycles. The highest BCUT2D eigenvalue weighted by Crippen LogP contribution is 2.48. The maximum atomic E-state index is 10.2. The number of phenolic OH excluding ortho intramolecular Hbond substituents is 1. The number of methoxy groups -OCH3 is 1. The van der Waals surface area contributed by atoms with Crippen LogP contribution in [0.1, 0.15) is 32.4 Å². The molecule has 2 N–H and O–H groups in total. The van der Waals surface area contributed by atoms with Crippen LogP contribution in [0.5, 0.6) is 11.5 Å². The van der Waals surface area contributed by atoms with E-state index in [4.69, 9.17) is 4.74 Å². The summed E-state index contributed by atoms with van der Waals surface area (Å²) in [6.45, 7) is 10.8. The van der Waals surface area contributed by atoms with Gasteiger partial charge < -0.3 is 15.2 Å². The number of ether oxygens (including phenoxy) is 1. The Balaban J connectivity index is 0.00000264. The van der Waals surface area contributed by atoms with Crippen molar-refractivity contribution in [3.63, 3.8) is 0 Å². The Labute approximate surface area is 173 Å². The molecule has 4 nitrogen and oxygen atoms in total. The Bertz CT molecular complexity index is 548. The molecule has 0 spiro atoms. The van der Waals surface area contributed by atoms with E-state index >= 15 is 0 Å². The minimum Gasteiger partial charge on any atom is -0.503 e. The number of nitrogens with zero attached hydrogens (tertiary/aromatic N) is 1. The van der Waals surface area contributed by atoms with Crippen LogP contribution in [0.4, 0.5) is 0 Å². The Morgan fingerprint density at radius 1 is 1.17 bits per heavy atom. The van der Waals surface area contributed by atoms with Crippen LogP contribution in [-0.4, -0.2) is 43.3 Å². The van der Waals surface area contributed by atoms with Crippen LogP contribution in [-0.2, 0) is 0 Å². The molecule has 0 amide bonds. The zero-order chi connectivity index (χ0) is 16.5. The molecule has 0 saturated carbocycles. The van der Waals surface area contributed by atoms with Crippen molar-refractivity contribution >= 4 is 56.7 Å². The van der Waals surface area contributed by atoms with Crippen molar-refractivity contribution in [2.75, 3.05) is 33.3 Å². The van der Waals surface area contributed by atoms with Crippen molar-refractivity contribution in [2.24, 2.45) is 5.41 Å². The number of hydrogen-bond donors (Lipinski definition) is 2. The fourth-order valence-corrected chi connectivity index (χ4v) is 4.06. The predicted molar refractivity (Wildman–Crippen MR) is 111 cm³/mol. The summed E-state index contributed by atoms with van der Waals surface area (Å²) in [6.07, 6.45) is 0. The van der Waals surface area contributed by atoms with Crippen molar-refractivity contribution in [3.05, 3.63) is 20.6 Å². The summed E-state index contributed by atoms with van der Waals surface area (Å²) in [5.74, 6) is 0.626. The Morgan fingerprint density at radius 3 is 2.17 bits per heavy atom. The van der Waals surface area contributed by atoms with Gasteiger partial charge in [-0.05, 0) is 48.9 Å². The third-order valence-corrected chi connectivity index (χ3v) is 6.18. The summed E-state index contributed by atoms with van der Waals surface area (Å²) in [4.78, 5) is 2.50. The molecule has 8 heteroatoms. The van der Waals surface area contributed by atoms with E-state index in [0.29, 0.717) is 10.2 Å². The van der Waals surface area contributed by atoms with Crippen LogP contribution in [0.2, 0.25) is 0 Å². The van der Waals surface area contributed by atoms with Crippen molar-refractivity contribution in [3.8, 4) is 11.5 Å². The lowest BCUT2D eigenvalue weighted by atomic mass is 9.81. The quantitative estimate of drug-likeness (QED) is 0.618. The molecule has 1 heterocycles. The molecule has 1 aliphatic heterocycles. The molecule has 140 valence electrons. The normalized spacial score (nSPS) is 16.8. The van der Waals surface area contributed by atoms with Crippen molar-refractivity contribution in [1.82, 2.24) is 10.2 Å². The smallest absolute Gasteiger partial charge is 0.173 e. The monoisotopic (exact) mass is 506 g/mol. The van der Waals surface area contributed by atoms with E-state index in [2.05, 4.69) is 62.8 Å². The Hall–Kier alpha value is 0.280. The molecule has 2 rings (SSSR count). The van der Waals surface area contributed by atoms with Gasteiger partial charge in [0.25, 0.3) is 0 Å². The van der Waals surface area contributed by atoms with Gasteiger partial charge in [0, 0.05) is 36.7 Å². The standard InChI is InChI=1S/C16H24Br2N2O2.2ClH/c1-16(2,3)15(20-7-5-19-6-8-20)10-9-11(22-4)14(21)13(18)12(10)17;;/h9,15,19,21H,5-8H2,1-4H3;2*1H/t15-;;/m0../s1. The second-order valence-corrected chi connectivity index (χ2v) is 8.29. The highest BCUT2D eigenvalue weighted by Gasteiger charge is 2.35. The average molecular weight is 509 g/mol. The molecule has 0 aliphatic carbocycles. The highest BCUT2D eigenvalue weighted by atomic mass is 79.9. The minimum absolute atomic E-state index is 0. The van der Waals surface area contributed by atoms with Crippen molar-refractivity contribution in [2.45, 2.75) is 26.8 Å². The van der Waals surface area contributed by atoms with Crippen LogP contribution >= 0.6 is 56.7 Å². The van der Waals surface area contributed by atoms with Gasteiger partial charge in [0.2, 0.25) is 0 Å². The maximum absolute atomic E-state index is 10.2. The van der Waals surface area contributed by atoms with Crippen LogP contribution in [0.3, 0.4) is 0 Å². The number of phenols is 1. The van der Waals surface area contributed by atoms with Crippen LogP contribution < -0.4 is 10.1 Å². The van der Waals surface area contributed by atoms with E-state index in [1.54, 1.807) is 7.11 Å². The lowest BCUT2D eigenvalue weighted by Crippen LogP contribution is -2.48. The minimum atomic E-state index is 0. The van der Waals surface area contributed by atoms with Crippen LogP contribution in [0, 0.1) is 5.41 Å². The van der Waals surface area contributed by atoms with Gasteiger partial charge in [-0.25, -0.2) is 0 Å². The summed E-state index contributed by atoms with van der Waals surface area (Å²) in [6, 6.07) is 2.18. The third kappa shape index (κ3) is 5.15. The molecule has 1 aromatic rings. The van der Waals surface area contributed by atoms with Gasteiger partial charge in [-0.3, -0.25) is 4.90 Å². The van der Waals surface area contributed by atoms with Crippen molar-refractivity contribution < 1.29 is 9.84 Å². The SMILES string of the molecule is COc1cc([C@H](N2CCNCC2)C(C)(C)C)c(Br)c(Br)c1O.Cl.Cl. The summed E-state index contributed by atoms with van der Waals surface area (Å²) >= 11 is 7.12. The maximum Gasteiger partial charge on any atom is 0.173 e. The molecule has 1 aliphatic rings. The Morgan fingerprint density at radius 2 is 1.71 bits per heavy atom. The molecule has 1 atom stereocenters. The number of halogens is 4. The zero-order valence-corrected chi connectivity index (χ0v) is 19.2.